The number of para-hydroxylation sites is 1. The van der Waals surface area contributed by atoms with E-state index >= 15 is 0 Å². The first-order valence-corrected chi connectivity index (χ1v) is 8.79. The van der Waals surface area contributed by atoms with Crippen molar-refractivity contribution in [2.45, 2.75) is 32.6 Å². The minimum atomic E-state index is -0.346. The first-order chi connectivity index (χ1) is 12.2. The van der Waals surface area contributed by atoms with Gasteiger partial charge in [0.25, 0.3) is 0 Å². The maximum atomic E-state index is 11.9. The highest BCUT2D eigenvalue weighted by Crippen LogP contribution is 2.37. The van der Waals surface area contributed by atoms with E-state index in [4.69, 9.17) is 0 Å². The minimum absolute atomic E-state index is 0.00453. The van der Waals surface area contributed by atoms with Crippen molar-refractivity contribution in [3.63, 3.8) is 0 Å². The third-order valence-electron chi connectivity index (χ3n) is 4.51. The molecule has 1 fully saturated rings. The van der Waals surface area contributed by atoms with Gasteiger partial charge in [-0.1, -0.05) is 31.0 Å². The molecule has 3 rings (SSSR count). The first-order valence-electron chi connectivity index (χ1n) is 8.79. The molecule has 2 aromatic rings. The molecule has 0 amide bonds. The summed E-state index contributed by atoms with van der Waals surface area (Å²) in [6, 6.07) is 9.62. The van der Waals surface area contributed by atoms with Gasteiger partial charge in [-0.05, 0) is 31.9 Å². The molecule has 7 nitrogen and oxygen atoms in total. The molecule has 0 aliphatic carbocycles. The van der Waals surface area contributed by atoms with E-state index in [1.807, 2.05) is 47.1 Å². The molecule has 0 atom stereocenters. The minimum Gasteiger partial charge on any atom is -0.351 e. The maximum absolute atomic E-state index is 11.9. The molecule has 0 unspecified atom stereocenters. The molecule has 0 radical (unpaired) electrons. The van der Waals surface area contributed by atoms with E-state index in [9.17, 15) is 10.1 Å². The number of nitro groups is 1. The van der Waals surface area contributed by atoms with Gasteiger partial charge in [0.1, 0.15) is 6.33 Å². The second-order valence-corrected chi connectivity index (χ2v) is 6.11. The van der Waals surface area contributed by atoms with Gasteiger partial charge >= 0.3 is 5.69 Å². The van der Waals surface area contributed by atoms with Crippen LogP contribution in [0.1, 0.15) is 32.6 Å². The van der Waals surface area contributed by atoms with E-state index in [1.54, 1.807) is 0 Å². The van der Waals surface area contributed by atoms with Crippen molar-refractivity contribution < 1.29 is 4.92 Å². The molecule has 1 aliphatic heterocycles. The predicted molar refractivity (Wildman–Crippen MR) is 98.5 cm³/mol. The van der Waals surface area contributed by atoms with Crippen LogP contribution >= 0.6 is 0 Å². The van der Waals surface area contributed by atoms with Crippen molar-refractivity contribution in [3.05, 3.63) is 46.8 Å². The number of nitrogens with zero attached hydrogens (tertiary/aromatic N) is 5. The molecule has 1 aromatic heterocycles. The second kappa shape index (κ2) is 7.92. The first kappa shape index (κ1) is 17.1. The van der Waals surface area contributed by atoms with Crippen LogP contribution in [0, 0.1) is 10.1 Å². The molecule has 2 heterocycles. The normalized spacial score (nSPS) is 14.8. The van der Waals surface area contributed by atoms with Crippen molar-refractivity contribution in [1.82, 2.24) is 9.97 Å². The molecule has 132 valence electrons. The van der Waals surface area contributed by atoms with Crippen molar-refractivity contribution in [1.29, 1.82) is 0 Å². The topological polar surface area (TPSA) is 75.4 Å². The van der Waals surface area contributed by atoms with E-state index in [1.165, 1.54) is 6.33 Å². The van der Waals surface area contributed by atoms with Crippen LogP contribution in [0.2, 0.25) is 0 Å². The van der Waals surface area contributed by atoms with E-state index in [0.717, 1.165) is 44.5 Å². The number of hydrogen-bond donors (Lipinski definition) is 0. The summed E-state index contributed by atoms with van der Waals surface area (Å²) in [7, 11) is 0. The number of hydrogen-bond acceptors (Lipinski definition) is 6. The van der Waals surface area contributed by atoms with Crippen LogP contribution in [-0.2, 0) is 0 Å². The summed E-state index contributed by atoms with van der Waals surface area (Å²) in [4.78, 5) is 24.0. The Labute approximate surface area is 147 Å². The van der Waals surface area contributed by atoms with Gasteiger partial charge in [-0.25, -0.2) is 9.97 Å². The zero-order chi connectivity index (χ0) is 17.6. The SMILES string of the molecule is CCN(c1ccccc1)c1ncnc(N2CCCCCC2)c1[N+](=O)[O-]. The smallest absolute Gasteiger partial charge is 0.351 e. The average Bonchev–Trinajstić information content (AvgIpc) is 2.92. The van der Waals surface area contributed by atoms with Gasteiger partial charge in [0.2, 0.25) is 11.6 Å². The third kappa shape index (κ3) is 3.70. The van der Waals surface area contributed by atoms with E-state index in [0.29, 0.717) is 18.2 Å². The standard InChI is InChI=1S/C18H23N5O2/c1-2-22(15-10-6-5-7-11-15)18-16(23(24)25)17(19-14-20-18)21-12-8-3-4-9-13-21/h5-7,10-11,14H,2-4,8-9,12-13H2,1H3. The fourth-order valence-electron chi connectivity index (χ4n) is 3.30. The van der Waals surface area contributed by atoms with Gasteiger partial charge in [0.15, 0.2) is 0 Å². The second-order valence-electron chi connectivity index (χ2n) is 6.11. The fourth-order valence-corrected chi connectivity index (χ4v) is 3.30. The third-order valence-corrected chi connectivity index (χ3v) is 4.51. The van der Waals surface area contributed by atoms with Gasteiger partial charge in [0.05, 0.1) is 4.92 Å². The molecule has 25 heavy (non-hydrogen) atoms. The van der Waals surface area contributed by atoms with Crippen molar-refractivity contribution in [2.75, 3.05) is 29.4 Å². The van der Waals surface area contributed by atoms with E-state index < -0.39 is 0 Å². The molecule has 0 saturated carbocycles. The lowest BCUT2D eigenvalue weighted by Crippen LogP contribution is -2.27. The van der Waals surface area contributed by atoms with Crippen molar-refractivity contribution >= 4 is 23.0 Å². The summed E-state index contributed by atoms with van der Waals surface area (Å²) in [5.41, 5.74) is 0.878. The Balaban J connectivity index is 2.07. The number of aromatic nitrogens is 2. The van der Waals surface area contributed by atoms with Crippen LogP contribution in [0.25, 0.3) is 0 Å². The van der Waals surface area contributed by atoms with Crippen LogP contribution in [0.5, 0.6) is 0 Å². The van der Waals surface area contributed by atoms with Crippen LogP contribution in [0.3, 0.4) is 0 Å². The summed E-state index contributed by atoms with van der Waals surface area (Å²) in [6.07, 6.45) is 5.83. The summed E-state index contributed by atoms with van der Waals surface area (Å²) in [6.45, 7) is 4.15. The molecular weight excluding hydrogens is 318 g/mol. The lowest BCUT2D eigenvalue weighted by atomic mass is 10.2. The number of anilines is 3. The summed E-state index contributed by atoms with van der Waals surface area (Å²) < 4.78 is 0. The Kier molecular flexibility index (Phi) is 5.42. The monoisotopic (exact) mass is 341 g/mol. The van der Waals surface area contributed by atoms with E-state index in [-0.39, 0.29) is 10.6 Å². The van der Waals surface area contributed by atoms with Gasteiger partial charge in [-0.15, -0.1) is 0 Å². The number of benzene rings is 1. The number of rotatable bonds is 5. The molecule has 1 aromatic carbocycles. The molecular formula is C18H23N5O2. The van der Waals surface area contributed by atoms with Gasteiger partial charge in [0, 0.05) is 25.3 Å². The summed E-state index contributed by atoms with van der Waals surface area (Å²) in [5, 5.41) is 11.9. The predicted octanol–water partition coefficient (Wildman–Crippen LogP) is 3.92. The lowest BCUT2D eigenvalue weighted by Gasteiger charge is -2.25. The Morgan fingerprint density at radius 3 is 2.40 bits per heavy atom. The quantitative estimate of drug-likeness (QED) is 0.606. The Morgan fingerprint density at radius 2 is 1.80 bits per heavy atom. The highest BCUT2D eigenvalue weighted by atomic mass is 16.6. The van der Waals surface area contributed by atoms with Crippen LogP contribution in [0.15, 0.2) is 36.7 Å². The highest BCUT2D eigenvalue weighted by Gasteiger charge is 2.30. The lowest BCUT2D eigenvalue weighted by molar-refractivity contribution is -0.383. The molecule has 1 saturated heterocycles. The van der Waals surface area contributed by atoms with Gasteiger partial charge < -0.3 is 9.80 Å². The molecule has 0 N–H and O–H groups in total. The molecule has 1 aliphatic rings. The zero-order valence-electron chi connectivity index (χ0n) is 14.5. The van der Waals surface area contributed by atoms with Gasteiger partial charge in [-0.3, -0.25) is 10.1 Å². The summed E-state index contributed by atoms with van der Waals surface area (Å²) in [5.74, 6) is 0.791. The van der Waals surface area contributed by atoms with Crippen LogP contribution in [0.4, 0.5) is 23.0 Å². The van der Waals surface area contributed by atoms with Gasteiger partial charge in [-0.2, -0.15) is 0 Å². The Morgan fingerprint density at radius 1 is 1.12 bits per heavy atom. The molecule has 0 spiro atoms. The highest BCUT2D eigenvalue weighted by molar-refractivity contribution is 5.76. The van der Waals surface area contributed by atoms with Crippen LogP contribution < -0.4 is 9.80 Å². The largest absolute Gasteiger partial charge is 0.353 e. The van der Waals surface area contributed by atoms with Crippen molar-refractivity contribution in [3.8, 4) is 0 Å². The average molecular weight is 341 g/mol. The Hall–Kier alpha value is -2.70. The maximum Gasteiger partial charge on any atom is 0.353 e. The fraction of sp³-hybridized carbons (Fsp3) is 0.444. The molecule has 7 heteroatoms. The van der Waals surface area contributed by atoms with Crippen molar-refractivity contribution in [2.24, 2.45) is 0 Å². The summed E-state index contributed by atoms with van der Waals surface area (Å²) >= 11 is 0. The molecule has 0 bridgehead atoms. The zero-order valence-corrected chi connectivity index (χ0v) is 14.5. The Bertz CT molecular complexity index is 715. The van der Waals surface area contributed by atoms with Crippen LogP contribution in [-0.4, -0.2) is 34.5 Å². The van der Waals surface area contributed by atoms with E-state index in [2.05, 4.69) is 9.97 Å².